The lowest BCUT2D eigenvalue weighted by molar-refractivity contribution is -0.130. The minimum atomic E-state index is -1.13. The Bertz CT molecular complexity index is 1310. The Morgan fingerprint density at radius 1 is 0.865 bits per heavy atom. The molecule has 0 heterocycles. The van der Waals surface area contributed by atoms with E-state index < -0.39 is 18.1 Å². The van der Waals surface area contributed by atoms with Gasteiger partial charge in [0.05, 0.1) is 13.2 Å². The normalized spacial score (nSPS) is 11.6. The van der Waals surface area contributed by atoms with Crippen LogP contribution >= 0.6 is 0 Å². The SMILES string of the molecule is C=C(C)C(=O)Oc1ccc(-c2ccc(-c3ccc(OC(O)C(=C)C)cc3COC)cc2F)c(COC)c1. The Morgan fingerprint density at radius 2 is 1.43 bits per heavy atom. The number of carbonyl (C=O) groups excluding carboxylic acids is 1. The molecule has 3 aromatic carbocycles. The van der Waals surface area contributed by atoms with Crippen molar-refractivity contribution in [1.82, 2.24) is 0 Å². The Morgan fingerprint density at radius 3 is 2.03 bits per heavy atom. The maximum Gasteiger partial charge on any atom is 0.338 e. The second kappa shape index (κ2) is 12.5. The van der Waals surface area contributed by atoms with Gasteiger partial charge in [-0.05, 0) is 77.6 Å². The third-order valence-electron chi connectivity index (χ3n) is 5.55. The quantitative estimate of drug-likeness (QED) is 0.110. The molecule has 6 nitrogen and oxygen atoms in total. The van der Waals surface area contributed by atoms with Gasteiger partial charge in [-0.2, -0.15) is 0 Å². The fraction of sp³-hybridized carbons (Fsp3) is 0.233. The first kappa shape index (κ1) is 27.8. The van der Waals surface area contributed by atoms with Crippen molar-refractivity contribution in [2.24, 2.45) is 0 Å². The molecule has 0 spiro atoms. The summed E-state index contributed by atoms with van der Waals surface area (Å²) < 4.78 is 36.9. The first-order valence-corrected chi connectivity index (χ1v) is 11.6. The van der Waals surface area contributed by atoms with Crippen LogP contribution in [0.3, 0.4) is 0 Å². The average Bonchev–Trinajstić information content (AvgIpc) is 2.85. The number of methoxy groups -OCH3 is 2. The van der Waals surface area contributed by atoms with Gasteiger partial charge in [-0.3, -0.25) is 0 Å². The van der Waals surface area contributed by atoms with E-state index in [1.54, 1.807) is 63.4 Å². The minimum Gasteiger partial charge on any atom is -0.461 e. The molecule has 0 aliphatic rings. The number of carbonyl (C=O) groups is 1. The Balaban J connectivity index is 1.97. The summed E-state index contributed by atoms with van der Waals surface area (Å²) in [4.78, 5) is 11.9. The van der Waals surface area contributed by atoms with Crippen LogP contribution in [0.4, 0.5) is 4.39 Å². The van der Waals surface area contributed by atoms with Crippen LogP contribution in [0.1, 0.15) is 25.0 Å². The molecule has 194 valence electrons. The van der Waals surface area contributed by atoms with Gasteiger partial charge in [0.25, 0.3) is 0 Å². The topological polar surface area (TPSA) is 74.2 Å². The fourth-order valence-electron chi connectivity index (χ4n) is 3.70. The Hall–Kier alpha value is -3.78. The molecule has 0 aromatic heterocycles. The molecule has 1 N–H and O–H groups in total. The van der Waals surface area contributed by atoms with E-state index in [1.807, 2.05) is 6.07 Å². The number of hydrogen-bond acceptors (Lipinski definition) is 6. The molecule has 3 rings (SSSR count). The zero-order valence-corrected chi connectivity index (χ0v) is 21.5. The number of aliphatic hydroxyl groups excluding tert-OH is 1. The van der Waals surface area contributed by atoms with Gasteiger partial charge in [-0.1, -0.05) is 37.4 Å². The van der Waals surface area contributed by atoms with E-state index in [0.29, 0.717) is 39.3 Å². The average molecular weight is 507 g/mol. The maximum absolute atomic E-state index is 15.5. The first-order valence-electron chi connectivity index (χ1n) is 11.6. The van der Waals surface area contributed by atoms with E-state index >= 15 is 4.39 Å². The minimum absolute atomic E-state index is 0.199. The van der Waals surface area contributed by atoms with Crippen molar-refractivity contribution >= 4 is 5.97 Å². The van der Waals surface area contributed by atoms with Crippen LogP contribution in [0.25, 0.3) is 22.3 Å². The zero-order valence-electron chi connectivity index (χ0n) is 21.5. The number of halogens is 1. The molecule has 0 aliphatic carbocycles. The second-order valence-corrected chi connectivity index (χ2v) is 8.68. The molecule has 0 aliphatic heterocycles. The molecule has 1 atom stereocenters. The van der Waals surface area contributed by atoms with Crippen molar-refractivity contribution in [3.63, 3.8) is 0 Å². The van der Waals surface area contributed by atoms with E-state index in [-0.39, 0.29) is 18.8 Å². The predicted octanol–water partition coefficient (Wildman–Crippen LogP) is 6.21. The molecule has 3 aromatic rings. The third-order valence-corrected chi connectivity index (χ3v) is 5.55. The van der Waals surface area contributed by atoms with Crippen molar-refractivity contribution in [2.45, 2.75) is 33.4 Å². The molecule has 7 heteroatoms. The van der Waals surface area contributed by atoms with E-state index in [9.17, 15) is 9.90 Å². The monoisotopic (exact) mass is 506 g/mol. The van der Waals surface area contributed by atoms with Crippen LogP contribution < -0.4 is 9.47 Å². The molecule has 37 heavy (non-hydrogen) atoms. The lowest BCUT2D eigenvalue weighted by Crippen LogP contribution is -2.16. The lowest BCUT2D eigenvalue weighted by Gasteiger charge is -2.17. The summed E-state index contributed by atoms with van der Waals surface area (Å²) in [5.41, 5.74) is 4.61. The fourth-order valence-corrected chi connectivity index (χ4v) is 3.70. The summed E-state index contributed by atoms with van der Waals surface area (Å²) in [6, 6.07) is 15.2. The Kier molecular flexibility index (Phi) is 9.36. The molecule has 1 unspecified atom stereocenters. The van der Waals surface area contributed by atoms with Crippen molar-refractivity contribution in [1.29, 1.82) is 0 Å². The highest BCUT2D eigenvalue weighted by atomic mass is 19.1. The molecular formula is C30H31FO6. The van der Waals surface area contributed by atoms with Gasteiger partial charge in [0.2, 0.25) is 6.29 Å². The molecular weight excluding hydrogens is 475 g/mol. The van der Waals surface area contributed by atoms with Crippen LogP contribution in [-0.4, -0.2) is 31.6 Å². The van der Waals surface area contributed by atoms with Crippen LogP contribution in [0, 0.1) is 5.82 Å². The summed E-state index contributed by atoms with van der Waals surface area (Å²) in [5, 5.41) is 9.97. The standard InChI is InChI=1S/C30H31FO6/c1-18(2)29(32)36-23-8-11-25(21(13-23)16-34-5)20-7-10-27(28(31)15-20)26-12-9-24(14-22(26)17-35-6)37-30(33)19(3)4/h7-15,29,32H,1,3,16-17H2,2,4-6H3. The number of benzene rings is 3. The summed E-state index contributed by atoms with van der Waals surface area (Å²) in [5.74, 6) is -0.198. The van der Waals surface area contributed by atoms with Gasteiger partial charge in [0.1, 0.15) is 17.3 Å². The van der Waals surface area contributed by atoms with Crippen LogP contribution in [0.2, 0.25) is 0 Å². The summed E-state index contributed by atoms with van der Waals surface area (Å²) in [7, 11) is 3.11. The van der Waals surface area contributed by atoms with Gasteiger partial charge in [-0.15, -0.1) is 0 Å². The van der Waals surface area contributed by atoms with Gasteiger partial charge < -0.3 is 24.1 Å². The molecule has 0 amide bonds. The number of esters is 1. The van der Waals surface area contributed by atoms with E-state index in [2.05, 4.69) is 13.2 Å². The van der Waals surface area contributed by atoms with E-state index in [4.69, 9.17) is 18.9 Å². The highest BCUT2D eigenvalue weighted by Gasteiger charge is 2.16. The van der Waals surface area contributed by atoms with Crippen molar-refractivity contribution in [3.8, 4) is 33.8 Å². The van der Waals surface area contributed by atoms with Crippen LogP contribution in [0.5, 0.6) is 11.5 Å². The first-order chi connectivity index (χ1) is 17.6. The van der Waals surface area contributed by atoms with E-state index in [1.165, 1.54) is 13.2 Å². The molecule has 0 saturated carbocycles. The van der Waals surface area contributed by atoms with Crippen molar-refractivity contribution in [2.75, 3.05) is 14.2 Å². The molecule has 0 radical (unpaired) electrons. The smallest absolute Gasteiger partial charge is 0.338 e. The maximum atomic E-state index is 15.5. The van der Waals surface area contributed by atoms with Gasteiger partial charge in [0.15, 0.2) is 0 Å². The third kappa shape index (κ3) is 6.92. The van der Waals surface area contributed by atoms with E-state index in [0.717, 1.165) is 11.1 Å². The summed E-state index contributed by atoms with van der Waals surface area (Å²) >= 11 is 0. The zero-order chi connectivity index (χ0) is 27.1. The number of hydrogen-bond donors (Lipinski definition) is 1. The van der Waals surface area contributed by atoms with Crippen LogP contribution in [0.15, 0.2) is 78.9 Å². The second-order valence-electron chi connectivity index (χ2n) is 8.68. The lowest BCUT2D eigenvalue weighted by atomic mass is 9.94. The predicted molar refractivity (Wildman–Crippen MR) is 141 cm³/mol. The molecule has 0 fully saturated rings. The van der Waals surface area contributed by atoms with Crippen LogP contribution in [-0.2, 0) is 27.5 Å². The highest BCUT2D eigenvalue weighted by molar-refractivity contribution is 5.89. The highest BCUT2D eigenvalue weighted by Crippen LogP contribution is 2.35. The summed E-state index contributed by atoms with van der Waals surface area (Å²) in [6.07, 6.45) is -1.13. The van der Waals surface area contributed by atoms with Gasteiger partial charge in [-0.25, -0.2) is 9.18 Å². The van der Waals surface area contributed by atoms with Crippen molar-refractivity contribution < 1.29 is 33.2 Å². The van der Waals surface area contributed by atoms with Gasteiger partial charge in [0, 0.05) is 25.4 Å². The number of ether oxygens (including phenoxy) is 4. The molecule has 0 saturated heterocycles. The van der Waals surface area contributed by atoms with Crippen molar-refractivity contribution in [3.05, 3.63) is 95.8 Å². The summed E-state index contributed by atoms with van der Waals surface area (Å²) in [6.45, 7) is 11.0. The number of aliphatic hydroxyl groups is 1. The molecule has 0 bridgehead atoms. The Labute approximate surface area is 216 Å². The number of rotatable bonds is 11. The van der Waals surface area contributed by atoms with Gasteiger partial charge >= 0.3 is 5.97 Å². The largest absolute Gasteiger partial charge is 0.461 e.